The molecule has 1 aromatic carbocycles. The van der Waals surface area contributed by atoms with Gasteiger partial charge in [0.15, 0.2) is 5.69 Å². The van der Waals surface area contributed by atoms with Crippen molar-refractivity contribution in [3.05, 3.63) is 41.7 Å². The number of ether oxygens (including phenoxy) is 1. The maximum atomic E-state index is 12.8. The molecule has 8 heteroatoms. The number of amides is 1. The Labute approximate surface area is 118 Å². The van der Waals surface area contributed by atoms with Crippen LogP contribution in [0, 0.1) is 0 Å². The molecule has 1 heterocycles. The van der Waals surface area contributed by atoms with Crippen LogP contribution in [0.1, 0.15) is 16.1 Å². The van der Waals surface area contributed by atoms with Gasteiger partial charge in [0, 0.05) is 13.2 Å². The molecule has 5 nitrogen and oxygen atoms in total. The van der Waals surface area contributed by atoms with Gasteiger partial charge in [-0.15, -0.1) is 0 Å². The number of halogens is 3. The summed E-state index contributed by atoms with van der Waals surface area (Å²) in [4.78, 5) is 12.0. The second kappa shape index (κ2) is 5.47. The van der Waals surface area contributed by atoms with Crippen LogP contribution in [0.4, 0.5) is 18.9 Å². The van der Waals surface area contributed by atoms with E-state index in [0.717, 1.165) is 10.9 Å². The zero-order chi connectivity index (χ0) is 15.6. The number of nitrogens with zero attached hydrogens (tertiary/aromatic N) is 2. The van der Waals surface area contributed by atoms with Gasteiger partial charge in [0.2, 0.25) is 0 Å². The van der Waals surface area contributed by atoms with Gasteiger partial charge in [0.05, 0.1) is 18.4 Å². The summed E-state index contributed by atoms with van der Waals surface area (Å²) in [5, 5.41) is 5.67. The smallest absolute Gasteiger partial charge is 0.435 e. The number of nitrogens with one attached hydrogen (secondary N) is 1. The molecule has 0 aliphatic rings. The Bertz CT molecular complexity index is 665. The number of carbonyl (C=O) groups is 1. The van der Waals surface area contributed by atoms with Crippen molar-refractivity contribution in [1.29, 1.82) is 0 Å². The lowest BCUT2D eigenvalue weighted by atomic mass is 10.2. The van der Waals surface area contributed by atoms with Gasteiger partial charge in [-0.1, -0.05) is 12.1 Å². The van der Waals surface area contributed by atoms with Crippen LogP contribution in [0.15, 0.2) is 30.5 Å². The molecule has 2 aromatic rings. The number of para-hydroxylation sites is 2. The van der Waals surface area contributed by atoms with Crippen LogP contribution in [-0.2, 0) is 13.2 Å². The number of carbonyl (C=O) groups excluding carboxylic acids is 1. The molecule has 0 aliphatic carbocycles. The molecule has 0 unspecified atom stereocenters. The zero-order valence-electron chi connectivity index (χ0n) is 11.2. The molecule has 0 atom stereocenters. The van der Waals surface area contributed by atoms with E-state index < -0.39 is 23.3 Å². The molecule has 0 radical (unpaired) electrons. The molecule has 0 saturated heterocycles. The summed E-state index contributed by atoms with van der Waals surface area (Å²) >= 11 is 0. The monoisotopic (exact) mass is 299 g/mol. The van der Waals surface area contributed by atoms with Gasteiger partial charge in [0.1, 0.15) is 5.75 Å². The van der Waals surface area contributed by atoms with Crippen LogP contribution in [0.3, 0.4) is 0 Å². The van der Waals surface area contributed by atoms with Crippen molar-refractivity contribution in [2.45, 2.75) is 6.18 Å². The van der Waals surface area contributed by atoms with E-state index in [9.17, 15) is 18.0 Å². The molecule has 0 spiro atoms. The molecule has 0 saturated carbocycles. The fraction of sp³-hybridized carbons (Fsp3) is 0.231. The molecule has 1 aromatic heterocycles. The summed E-state index contributed by atoms with van der Waals surface area (Å²) in [6.07, 6.45) is -3.68. The number of methoxy groups -OCH3 is 1. The van der Waals surface area contributed by atoms with E-state index in [1.165, 1.54) is 20.2 Å². The number of aromatic nitrogens is 2. The Morgan fingerprint density at radius 3 is 2.62 bits per heavy atom. The number of alkyl halides is 3. The van der Waals surface area contributed by atoms with Crippen LogP contribution >= 0.6 is 0 Å². The topological polar surface area (TPSA) is 56.1 Å². The van der Waals surface area contributed by atoms with Crippen LogP contribution in [0.2, 0.25) is 0 Å². The number of hydrogen-bond donors (Lipinski definition) is 1. The molecule has 112 valence electrons. The van der Waals surface area contributed by atoms with E-state index in [-0.39, 0.29) is 5.69 Å². The quantitative estimate of drug-likeness (QED) is 0.948. The number of hydrogen-bond acceptors (Lipinski definition) is 3. The van der Waals surface area contributed by atoms with Gasteiger partial charge >= 0.3 is 6.18 Å². The van der Waals surface area contributed by atoms with Crippen molar-refractivity contribution in [3.8, 4) is 5.75 Å². The number of aryl methyl sites for hydroxylation is 1. The van der Waals surface area contributed by atoms with Crippen LogP contribution in [-0.4, -0.2) is 22.8 Å². The molecule has 21 heavy (non-hydrogen) atoms. The Balaban J connectivity index is 2.33. The minimum atomic E-state index is -4.70. The lowest BCUT2D eigenvalue weighted by Crippen LogP contribution is -2.18. The second-order valence-electron chi connectivity index (χ2n) is 4.22. The highest BCUT2D eigenvalue weighted by Crippen LogP contribution is 2.31. The molecule has 1 N–H and O–H groups in total. The van der Waals surface area contributed by atoms with E-state index in [0.29, 0.717) is 5.75 Å². The Morgan fingerprint density at radius 2 is 2.00 bits per heavy atom. The molecule has 0 bridgehead atoms. The highest BCUT2D eigenvalue weighted by molar-refractivity contribution is 6.05. The minimum Gasteiger partial charge on any atom is -0.495 e. The predicted molar refractivity (Wildman–Crippen MR) is 69.2 cm³/mol. The first kappa shape index (κ1) is 14.9. The van der Waals surface area contributed by atoms with Crippen LogP contribution < -0.4 is 10.1 Å². The molecular weight excluding hydrogens is 287 g/mol. The molecule has 1 amide bonds. The first-order valence-electron chi connectivity index (χ1n) is 5.88. The van der Waals surface area contributed by atoms with Crippen molar-refractivity contribution in [2.24, 2.45) is 7.05 Å². The minimum absolute atomic E-state index is 0.280. The normalized spacial score (nSPS) is 11.3. The lowest BCUT2D eigenvalue weighted by Gasteiger charge is -2.10. The van der Waals surface area contributed by atoms with Gasteiger partial charge in [-0.05, 0) is 12.1 Å². The number of anilines is 1. The largest absolute Gasteiger partial charge is 0.495 e. The maximum Gasteiger partial charge on any atom is 0.435 e. The van der Waals surface area contributed by atoms with Gasteiger partial charge < -0.3 is 10.1 Å². The van der Waals surface area contributed by atoms with Crippen molar-refractivity contribution < 1.29 is 22.7 Å². The summed E-state index contributed by atoms with van der Waals surface area (Å²) in [5.74, 6) is -0.553. The van der Waals surface area contributed by atoms with E-state index in [2.05, 4.69) is 10.4 Å². The van der Waals surface area contributed by atoms with Gasteiger partial charge in [-0.2, -0.15) is 18.3 Å². The van der Waals surface area contributed by atoms with E-state index in [1.807, 2.05) is 0 Å². The second-order valence-corrected chi connectivity index (χ2v) is 4.22. The fourth-order valence-electron chi connectivity index (χ4n) is 1.80. The summed E-state index contributed by atoms with van der Waals surface area (Å²) in [6, 6.07) is 6.43. The van der Waals surface area contributed by atoms with Crippen LogP contribution in [0.5, 0.6) is 5.75 Å². The Kier molecular flexibility index (Phi) is 3.88. The zero-order valence-corrected chi connectivity index (χ0v) is 11.2. The average molecular weight is 299 g/mol. The summed E-state index contributed by atoms with van der Waals surface area (Å²) < 4.78 is 44.4. The first-order valence-corrected chi connectivity index (χ1v) is 5.88. The van der Waals surface area contributed by atoms with Gasteiger partial charge in [-0.25, -0.2) is 0 Å². The SMILES string of the molecule is COc1ccccc1NC(=O)c1cn(C)nc1C(F)(F)F. The first-order chi connectivity index (χ1) is 9.82. The highest BCUT2D eigenvalue weighted by Gasteiger charge is 2.39. The van der Waals surface area contributed by atoms with E-state index >= 15 is 0 Å². The molecule has 0 aliphatic heterocycles. The molecule has 2 rings (SSSR count). The summed E-state index contributed by atoms with van der Waals surface area (Å²) in [6.45, 7) is 0. The van der Waals surface area contributed by atoms with Crippen molar-refractivity contribution in [3.63, 3.8) is 0 Å². The Morgan fingerprint density at radius 1 is 1.33 bits per heavy atom. The molecule has 0 fully saturated rings. The van der Waals surface area contributed by atoms with E-state index in [4.69, 9.17) is 4.74 Å². The van der Waals surface area contributed by atoms with E-state index in [1.54, 1.807) is 18.2 Å². The third-order valence-corrected chi connectivity index (χ3v) is 2.70. The third kappa shape index (κ3) is 3.15. The third-order valence-electron chi connectivity index (χ3n) is 2.70. The Hall–Kier alpha value is -2.51. The predicted octanol–water partition coefficient (Wildman–Crippen LogP) is 2.70. The van der Waals surface area contributed by atoms with Crippen molar-refractivity contribution >= 4 is 11.6 Å². The maximum absolute atomic E-state index is 12.8. The van der Waals surface area contributed by atoms with Crippen molar-refractivity contribution in [2.75, 3.05) is 12.4 Å². The van der Waals surface area contributed by atoms with Crippen molar-refractivity contribution in [1.82, 2.24) is 9.78 Å². The standard InChI is InChI=1S/C13H12F3N3O2/c1-19-7-8(11(18-19)13(14,15)16)12(20)17-9-5-3-4-6-10(9)21-2/h3-7H,1-2H3,(H,17,20). The van der Waals surface area contributed by atoms with Gasteiger partial charge in [-0.3, -0.25) is 9.48 Å². The fourth-order valence-corrected chi connectivity index (χ4v) is 1.80. The summed E-state index contributed by atoms with van der Waals surface area (Å²) in [5.41, 5.74) is -1.49. The highest BCUT2D eigenvalue weighted by atomic mass is 19.4. The lowest BCUT2D eigenvalue weighted by molar-refractivity contribution is -0.141. The average Bonchev–Trinajstić information content (AvgIpc) is 2.81. The summed E-state index contributed by atoms with van der Waals surface area (Å²) in [7, 11) is 2.71. The van der Waals surface area contributed by atoms with Crippen LogP contribution in [0.25, 0.3) is 0 Å². The molecular formula is C13H12F3N3O2. The van der Waals surface area contributed by atoms with Gasteiger partial charge in [0.25, 0.3) is 5.91 Å². The number of rotatable bonds is 3. The number of benzene rings is 1.